The van der Waals surface area contributed by atoms with Crippen LogP contribution in [-0.2, 0) is 13.1 Å². The molecule has 2 amide bonds. The number of carbonyl (C=O) groups excluding carboxylic acids is 1. The summed E-state index contributed by atoms with van der Waals surface area (Å²) < 4.78 is 15.8. The van der Waals surface area contributed by atoms with Crippen LogP contribution in [0.2, 0.25) is 0 Å². The van der Waals surface area contributed by atoms with E-state index in [1.807, 2.05) is 12.4 Å². The van der Waals surface area contributed by atoms with Gasteiger partial charge in [0.25, 0.3) is 0 Å². The number of urea groups is 1. The van der Waals surface area contributed by atoms with E-state index in [1.54, 1.807) is 4.90 Å². The molecule has 0 aromatic carbocycles. The van der Waals surface area contributed by atoms with Gasteiger partial charge in [0.2, 0.25) is 0 Å². The largest absolute Gasteiger partial charge is 0.334 e. The summed E-state index contributed by atoms with van der Waals surface area (Å²) in [7, 11) is 0. The summed E-state index contributed by atoms with van der Waals surface area (Å²) in [6.07, 6.45) is 7.23. The number of carbonyl (C=O) groups is 1. The maximum atomic E-state index is 13.6. The molecule has 2 aromatic rings. The molecule has 0 radical (unpaired) electrons. The summed E-state index contributed by atoms with van der Waals surface area (Å²) in [4.78, 5) is 24.5. The van der Waals surface area contributed by atoms with E-state index in [0.717, 1.165) is 44.6 Å². The molecule has 25 heavy (non-hydrogen) atoms. The molecule has 7 nitrogen and oxygen atoms in total. The van der Waals surface area contributed by atoms with Gasteiger partial charge in [-0.15, -0.1) is 0 Å². The SMILES string of the molecule is CCn1ccnc1CN1CCCN(C(=O)Nc2ccncc2F)CC1. The van der Waals surface area contributed by atoms with Gasteiger partial charge in [-0.1, -0.05) is 0 Å². The van der Waals surface area contributed by atoms with Gasteiger partial charge in [0.05, 0.1) is 18.4 Å². The minimum Gasteiger partial charge on any atom is -0.334 e. The Morgan fingerprint density at radius 3 is 2.96 bits per heavy atom. The molecule has 3 heterocycles. The first-order chi connectivity index (χ1) is 12.2. The Kier molecular flexibility index (Phi) is 5.60. The average molecular weight is 346 g/mol. The number of imidazole rings is 1. The van der Waals surface area contributed by atoms with Gasteiger partial charge < -0.3 is 14.8 Å². The topological polar surface area (TPSA) is 66.3 Å². The number of aromatic nitrogens is 3. The van der Waals surface area contributed by atoms with Crippen LogP contribution in [0.25, 0.3) is 0 Å². The number of rotatable bonds is 4. The Bertz CT molecular complexity index is 719. The lowest BCUT2D eigenvalue weighted by Gasteiger charge is -2.22. The number of aryl methyl sites for hydroxylation is 1. The van der Waals surface area contributed by atoms with Crippen molar-refractivity contribution >= 4 is 11.7 Å². The van der Waals surface area contributed by atoms with E-state index in [1.165, 1.54) is 12.3 Å². The Labute approximate surface area is 146 Å². The lowest BCUT2D eigenvalue weighted by atomic mass is 10.3. The van der Waals surface area contributed by atoms with Crippen molar-refractivity contribution in [2.24, 2.45) is 0 Å². The zero-order valence-electron chi connectivity index (χ0n) is 14.4. The normalized spacial score (nSPS) is 15.8. The second-order valence-electron chi connectivity index (χ2n) is 6.03. The summed E-state index contributed by atoms with van der Waals surface area (Å²) in [5.41, 5.74) is 0.158. The molecule has 0 spiro atoms. The van der Waals surface area contributed by atoms with E-state index in [0.29, 0.717) is 13.1 Å². The van der Waals surface area contributed by atoms with Crippen LogP contribution in [0.4, 0.5) is 14.9 Å². The molecule has 0 aliphatic carbocycles. The summed E-state index contributed by atoms with van der Waals surface area (Å²) in [5.74, 6) is 0.512. The first-order valence-corrected chi connectivity index (χ1v) is 8.55. The number of halogens is 1. The second-order valence-corrected chi connectivity index (χ2v) is 6.03. The van der Waals surface area contributed by atoms with Gasteiger partial charge in [-0.05, 0) is 19.4 Å². The first-order valence-electron chi connectivity index (χ1n) is 8.55. The molecular weight excluding hydrogens is 323 g/mol. The number of hydrogen-bond donors (Lipinski definition) is 1. The molecule has 0 unspecified atom stereocenters. The summed E-state index contributed by atoms with van der Waals surface area (Å²) in [5, 5.41) is 2.62. The lowest BCUT2D eigenvalue weighted by molar-refractivity contribution is 0.210. The van der Waals surface area contributed by atoms with Gasteiger partial charge in [0.15, 0.2) is 5.82 Å². The molecule has 1 N–H and O–H groups in total. The molecule has 0 bridgehead atoms. The quantitative estimate of drug-likeness (QED) is 0.921. The molecule has 0 atom stereocenters. The fourth-order valence-corrected chi connectivity index (χ4v) is 2.98. The van der Waals surface area contributed by atoms with Gasteiger partial charge in [-0.3, -0.25) is 9.88 Å². The molecule has 1 aliphatic heterocycles. The maximum Gasteiger partial charge on any atom is 0.321 e. The highest BCUT2D eigenvalue weighted by atomic mass is 19.1. The molecule has 1 fully saturated rings. The zero-order chi connectivity index (χ0) is 17.6. The van der Waals surface area contributed by atoms with E-state index in [4.69, 9.17) is 0 Å². The summed E-state index contributed by atoms with van der Waals surface area (Å²) >= 11 is 0. The van der Waals surface area contributed by atoms with Crippen molar-refractivity contribution in [2.75, 3.05) is 31.5 Å². The number of hydrogen-bond acceptors (Lipinski definition) is 4. The standard InChI is InChI=1S/C17H23FN6O/c1-2-23-9-6-20-16(23)13-22-7-3-8-24(11-10-22)17(25)21-15-4-5-19-12-14(15)18/h4-6,9,12H,2-3,7-8,10-11,13H2,1H3,(H,19,21,25). The number of nitrogens with one attached hydrogen (secondary N) is 1. The number of anilines is 1. The minimum atomic E-state index is -0.529. The van der Waals surface area contributed by atoms with Crippen LogP contribution in [0.1, 0.15) is 19.2 Å². The van der Waals surface area contributed by atoms with Crippen LogP contribution in [-0.4, -0.2) is 56.5 Å². The van der Waals surface area contributed by atoms with E-state index in [9.17, 15) is 9.18 Å². The van der Waals surface area contributed by atoms with E-state index >= 15 is 0 Å². The monoisotopic (exact) mass is 346 g/mol. The lowest BCUT2D eigenvalue weighted by Crippen LogP contribution is -2.38. The van der Waals surface area contributed by atoms with Crippen molar-refractivity contribution in [3.63, 3.8) is 0 Å². The fraction of sp³-hybridized carbons (Fsp3) is 0.471. The Morgan fingerprint density at radius 1 is 1.28 bits per heavy atom. The van der Waals surface area contributed by atoms with Crippen molar-refractivity contribution in [1.29, 1.82) is 0 Å². The van der Waals surface area contributed by atoms with E-state index < -0.39 is 5.82 Å². The van der Waals surface area contributed by atoms with Gasteiger partial charge in [-0.25, -0.2) is 14.2 Å². The molecule has 0 saturated carbocycles. The van der Waals surface area contributed by atoms with Crippen LogP contribution >= 0.6 is 0 Å². The predicted octanol–water partition coefficient (Wildman–Crippen LogP) is 2.18. The molecule has 3 rings (SSSR count). The highest BCUT2D eigenvalue weighted by molar-refractivity contribution is 5.89. The van der Waals surface area contributed by atoms with E-state index in [-0.39, 0.29) is 11.7 Å². The van der Waals surface area contributed by atoms with Crippen LogP contribution in [0, 0.1) is 5.82 Å². The predicted molar refractivity (Wildman–Crippen MR) is 92.6 cm³/mol. The van der Waals surface area contributed by atoms with Crippen molar-refractivity contribution in [1.82, 2.24) is 24.3 Å². The average Bonchev–Trinajstić information content (AvgIpc) is 2.92. The minimum absolute atomic E-state index is 0.158. The van der Waals surface area contributed by atoms with Crippen molar-refractivity contribution < 1.29 is 9.18 Å². The third-order valence-electron chi connectivity index (χ3n) is 4.40. The van der Waals surface area contributed by atoms with Crippen LogP contribution < -0.4 is 5.32 Å². The molecule has 1 aliphatic rings. The third kappa shape index (κ3) is 4.33. The Hall–Kier alpha value is -2.48. The van der Waals surface area contributed by atoms with Crippen molar-refractivity contribution in [3.8, 4) is 0 Å². The number of amides is 2. The third-order valence-corrected chi connectivity index (χ3v) is 4.40. The highest BCUT2D eigenvalue weighted by Gasteiger charge is 2.20. The molecule has 1 saturated heterocycles. The molecule has 8 heteroatoms. The van der Waals surface area contributed by atoms with Crippen LogP contribution in [0.3, 0.4) is 0 Å². The van der Waals surface area contributed by atoms with Crippen LogP contribution in [0.5, 0.6) is 0 Å². The van der Waals surface area contributed by atoms with Gasteiger partial charge in [0, 0.05) is 51.3 Å². The van der Waals surface area contributed by atoms with Crippen LogP contribution in [0.15, 0.2) is 30.9 Å². The number of pyridine rings is 1. The smallest absolute Gasteiger partial charge is 0.321 e. The maximum absolute atomic E-state index is 13.6. The molecular formula is C17H23FN6O. The fourth-order valence-electron chi connectivity index (χ4n) is 2.98. The van der Waals surface area contributed by atoms with Gasteiger partial charge in [0.1, 0.15) is 5.82 Å². The first kappa shape index (κ1) is 17.3. The van der Waals surface area contributed by atoms with Gasteiger partial charge >= 0.3 is 6.03 Å². The zero-order valence-corrected chi connectivity index (χ0v) is 14.4. The Balaban J connectivity index is 1.56. The summed E-state index contributed by atoms with van der Waals surface area (Å²) in [6, 6.07) is 1.18. The number of nitrogens with zero attached hydrogens (tertiary/aromatic N) is 5. The van der Waals surface area contributed by atoms with Crippen molar-refractivity contribution in [2.45, 2.75) is 26.4 Å². The Morgan fingerprint density at radius 2 is 2.16 bits per heavy atom. The second kappa shape index (κ2) is 8.06. The van der Waals surface area contributed by atoms with E-state index in [2.05, 4.69) is 31.7 Å². The molecule has 2 aromatic heterocycles. The summed E-state index contributed by atoms with van der Waals surface area (Å²) in [6.45, 7) is 6.69. The highest BCUT2D eigenvalue weighted by Crippen LogP contribution is 2.13. The molecule has 134 valence electrons. The van der Waals surface area contributed by atoms with Crippen molar-refractivity contribution in [3.05, 3.63) is 42.5 Å². The van der Waals surface area contributed by atoms with Gasteiger partial charge in [-0.2, -0.15) is 0 Å².